The highest BCUT2D eigenvalue weighted by Crippen LogP contribution is 2.17. The predicted molar refractivity (Wildman–Crippen MR) is 63.1 cm³/mol. The van der Waals surface area contributed by atoms with Crippen molar-refractivity contribution in [2.24, 2.45) is 0 Å². The zero-order chi connectivity index (χ0) is 10.7. The number of nitrogens with zero attached hydrogens (tertiary/aromatic N) is 1. The van der Waals surface area contributed by atoms with Gasteiger partial charge in [0.15, 0.2) is 0 Å². The van der Waals surface area contributed by atoms with Crippen LogP contribution in [0.3, 0.4) is 0 Å². The van der Waals surface area contributed by atoms with Gasteiger partial charge in [-0.15, -0.1) is 0 Å². The summed E-state index contributed by atoms with van der Waals surface area (Å²) >= 11 is 0. The summed E-state index contributed by atoms with van der Waals surface area (Å²) in [6.07, 6.45) is 2.83. The molecule has 2 heteroatoms. The van der Waals surface area contributed by atoms with Crippen molar-refractivity contribution in [3.63, 3.8) is 0 Å². The van der Waals surface area contributed by atoms with Gasteiger partial charge >= 0.3 is 0 Å². The van der Waals surface area contributed by atoms with Crippen LogP contribution in [0.4, 0.5) is 0 Å². The van der Waals surface area contributed by atoms with Crippen molar-refractivity contribution in [3.05, 3.63) is 36.1 Å². The minimum absolute atomic E-state index is 0.992. The van der Waals surface area contributed by atoms with Crippen LogP contribution in [0.5, 0.6) is 0 Å². The van der Waals surface area contributed by atoms with Crippen molar-refractivity contribution in [1.29, 1.82) is 0 Å². The number of furan rings is 1. The van der Waals surface area contributed by atoms with Crippen LogP contribution in [0.15, 0.2) is 34.9 Å². The minimum Gasteiger partial charge on any atom is -0.464 e. The van der Waals surface area contributed by atoms with Gasteiger partial charge in [0.25, 0.3) is 0 Å². The number of hydrogen-bond acceptors (Lipinski definition) is 2. The van der Waals surface area contributed by atoms with Crippen LogP contribution >= 0.6 is 0 Å². The van der Waals surface area contributed by atoms with Crippen LogP contribution < -0.4 is 0 Å². The second kappa shape index (κ2) is 4.49. The topological polar surface area (TPSA) is 16.4 Å². The molecule has 2 rings (SSSR count). The lowest BCUT2D eigenvalue weighted by Gasteiger charge is -2.13. The van der Waals surface area contributed by atoms with E-state index in [0.717, 1.165) is 25.1 Å². The average Bonchev–Trinajstić information content (AvgIpc) is 2.72. The van der Waals surface area contributed by atoms with Gasteiger partial charge in [0, 0.05) is 11.9 Å². The monoisotopic (exact) mass is 203 g/mol. The Balaban J connectivity index is 2.08. The van der Waals surface area contributed by atoms with E-state index in [1.165, 1.54) is 10.9 Å². The maximum Gasteiger partial charge on any atom is 0.134 e. The number of fused-ring (bicyclic) bond motifs is 1. The van der Waals surface area contributed by atoms with Gasteiger partial charge in [-0.1, -0.05) is 19.1 Å². The van der Waals surface area contributed by atoms with Crippen LogP contribution in [-0.4, -0.2) is 25.0 Å². The first kappa shape index (κ1) is 10.2. The highest BCUT2D eigenvalue weighted by Gasteiger charge is 2.00. The Bertz CT molecular complexity index is 433. The maximum atomic E-state index is 5.38. The molecule has 0 saturated carbocycles. The molecule has 1 aromatic heterocycles. The molecule has 1 heterocycles. The largest absolute Gasteiger partial charge is 0.464 e. The van der Waals surface area contributed by atoms with Crippen molar-refractivity contribution >= 4 is 11.0 Å². The SMILES string of the molecule is CCN(C)CCc1ccc2ccoc2c1. The van der Waals surface area contributed by atoms with Crippen LogP contribution in [0.1, 0.15) is 12.5 Å². The Kier molecular flexibility index (Phi) is 3.07. The number of hydrogen-bond donors (Lipinski definition) is 0. The van der Waals surface area contributed by atoms with Crippen molar-refractivity contribution in [2.75, 3.05) is 20.1 Å². The highest BCUT2D eigenvalue weighted by molar-refractivity contribution is 5.77. The molecule has 80 valence electrons. The lowest BCUT2D eigenvalue weighted by atomic mass is 10.1. The van der Waals surface area contributed by atoms with E-state index in [2.05, 4.69) is 37.1 Å². The molecule has 15 heavy (non-hydrogen) atoms. The summed E-state index contributed by atoms with van der Waals surface area (Å²) in [5, 5.41) is 1.18. The molecule has 1 aromatic carbocycles. The van der Waals surface area contributed by atoms with E-state index in [-0.39, 0.29) is 0 Å². The van der Waals surface area contributed by atoms with E-state index in [0.29, 0.717) is 0 Å². The summed E-state index contributed by atoms with van der Waals surface area (Å²) in [7, 11) is 2.14. The number of likely N-dealkylation sites (N-methyl/N-ethyl adjacent to an activating group) is 1. The van der Waals surface area contributed by atoms with Crippen molar-refractivity contribution in [2.45, 2.75) is 13.3 Å². The molecule has 0 saturated heterocycles. The fourth-order valence-corrected chi connectivity index (χ4v) is 1.63. The summed E-state index contributed by atoms with van der Waals surface area (Å²) in [6.45, 7) is 4.38. The van der Waals surface area contributed by atoms with E-state index in [1.54, 1.807) is 6.26 Å². The molecule has 0 unspecified atom stereocenters. The molecular formula is C13H17NO. The van der Waals surface area contributed by atoms with E-state index < -0.39 is 0 Å². The normalized spacial score (nSPS) is 11.4. The first-order valence-electron chi connectivity index (χ1n) is 5.44. The average molecular weight is 203 g/mol. The second-order valence-electron chi connectivity index (χ2n) is 3.94. The molecular weight excluding hydrogens is 186 g/mol. The van der Waals surface area contributed by atoms with Crippen molar-refractivity contribution in [1.82, 2.24) is 4.90 Å². The van der Waals surface area contributed by atoms with E-state index in [4.69, 9.17) is 4.42 Å². The standard InChI is InChI=1S/C13H17NO/c1-3-14(2)8-6-11-4-5-12-7-9-15-13(12)10-11/h4-5,7,9-10H,3,6,8H2,1-2H3. The summed E-state index contributed by atoms with van der Waals surface area (Å²) in [4.78, 5) is 2.31. The minimum atomic E-state index is 0.992. The van der Waals surface area contributed by atoms with Gasteiger partial charge in [-0.2, -0.15) is 0 Å². The fraction of sp³-hybridized carbons (Fsp3) is 0.385. The molecule has 0 aliphatic rings. The number of rotatable bonds is 4. The Morgan fingerprint density at radius 1 is 1.27 bits per heavy atom. The Hall–Kier alpha value is -1.28. The smallest absolute Gasteiger partial charge is 0.134 e. The second-order valence-corrected chi connectivity index (χ2v) is 3.94. The zero-order valence-corrected chi connectivity index (χ0v) is 9.36. The Morgan fingerprint density at radius 2 is 2.13 bits per heavy atom. The molecule has 0 aliphatic carbocycles. The summed E-state index contributed by atoms with van der Waals surface area (Å²) in [5.41, 5.74) is 2.34. The van der Waals surface area contributed by atoms with Crippen molar-refractivity contribution < 1.29 is 4.42 Å². The molecule has 0 N–H and O–H groups in total. The molecule has 0 atom stereocenters. The molecule has 2 nitrogen and oxygen atoms in total. The molecule has 0 amide bonds. The van der Waals surface area contributed by atoms with E-state index >= 15 is 0 Å². The molecule has 0 spiro atoms. The lowest BCUT2D eigenvalue weighted by Crippen LogP contribution is -2.20. The van der Waals surface area contributed by atoms with Crippen LogP contribution in [0, 0.1) is 0 Å². The van der Waals surface area contributed by atoms with E-state index in [9.17, 15) is 0 Å². The third-order valence-electron chi connectivity index (χ3n) is 2.84. The summed E-state index contributed by atoms with van der Waals surface area (Å²) < 4.78 is 5.38. The van der Waals surface area contributed by atoms with Gasteiger partial charge in [0.05, 0.1) is 6.26 Å². The quantitative estimate of drug-likeness (QED) is 0.759. The fourth-order valence-electron chi connectivity index (χ4n) is 1.63. The van der Waals surface area contributed by atoms with Gasteiger partial charge in [-0.05, 0) is 37.7 Å². The van der Waals surface area contributed by atoms with E-state index in [1.807, 2.05) is 6.07 Å². The van der Waals surface area contributed by atoms with Gasteiger partial charge in [0.2, 0.25) is 0 Å². The van der Waals surface area contributed by atoms with Crippen LogP contribution in [-0.2, 0) is 6.42 Å². The lowest BCUT2D eigenvalue weighted by molar-refractivity contribution is 0.357. The highest BCUT2D eigenvalue weighted by atomic mass is 16.3. The van der Waals surface area contributed by atoms with Crippen LogP contribution in [0.2, 0.25) is 0 Å². The van der Waals surface area contributed by atoms with Gasteiger partial charge < -0.3 is 9.32 Å². The molecule has 0 bridgehead atoms. The van der Waals surface area contributed by atoms with Gasteiger partial charge in [-0.3, -0.25) is 0 Å². The molecule has 0 fully saturated rings. The molecule has 0 aliphatic heterocycles. The third kappa shape index (κ3) is 2.39. The molecule has 2 aromatic rings. The first-order chi connectivity index (χ1) is 7.29. The van der Waals surface area contributed by atoms with Crippen molar-refractivity contribution in [3.8, 4) is 0 Å². The van der Waals surface area contributed by atoms with Gasteiger partial charge in [-0.25, -0.2) is 0 Å². The molecule has 0 radical (unpaired) electrons. The van der Waals surface area contributed by atoms with Crippen LogP contribution in [0.25, 0.3) is 11.0 Å². The first-order valence-corrected chi connectivity index (χ1v) is 5.44. The summed E-state index contributed by atoms with van der Waals surface area (Å²) in [5.74, 6) is 0. The Labute approximate surface area is 90.5 Å². The third-order valence-corrected chi connectivity index (χ3v) is 2.84. The maximum absolute atomic E-state index is 5.38. The van der Waals surface area contributed by atoms with Gasteiger partial charge in [0.1, 0.15) is 5.58 Å². The summed E-state index contributed by atoms with van der Waals surface area (Å²) in [6, 6.07) is 8.44. The number of benzene rings is 1. The predicted octanol–water partition coefficient (Wildman–Crippen LogP) is 2.93. The Morgan fingerprint density at radius 3 is 2.93 bits per heavy atom. The zero-order valence-electron chi connectivity index (χ0n) is 9.36.